The van der Waals surface area contributed by atoms with Gasteiger partial charge in [0.1, 0.15) is 0 Å². The molecular formula is C13H15ClN2O2. The number of amides is 2. The van der Waals surface area contributed by atoms with Gasteiger partial charge in [0.2, 0.25) is 11.8 Å². The Bertz CT molecular complexity index is 488. The Balaban J connectivity index is 2.02. The minimum Gasteiger partial charge on any atom is -0.356 e. The molecule has 1 fully saturated rings. The number of hydrogen-bond acceptors (Lipinski definition) is 2. The van der Waals surface area contributed by atoms with Crippen LogP contribution in [0.25, 0.3) is 0 Å². The average molecular weight is 267 g/mol. The summed E-state index contributed by atoms with van der Waals surface area (Å²) < 4.78 is 0. The van der Waals surface area contributed by atoms with Crippen LogP contribution in [0.15, 0.2) is 18.2 Å². The van der Waals surface area contributed by atoms with E-state index in [-0.39, 0.29) is 24.2 Å². The second-order valence-corrected chi connectivity index (χ2v) is 4.90. The summed E-state index contributed by atoms with van der Waals surface area (Å²) in [5.41, 5.74) is 1.63. The molecule has 2 N–H and O–H groups in total. The Morgan fingerprint density at radius 1 is 1.50 bits per heavy atom. The summed E-state index contributed by atoms with van der Waals surface area (Å²) in [6.45, 7) is 2.46. The molecule has 1 saturated heterocycles. The van der Waals surface area contributed by atoms with E-state index >= 15 is 0 Å². The SMILES string of the molecule is Cc1ccc(NC(=O)C2CCNC(=O)C2)cc1Cl. The molecule has 1 aromatic rings. The molecule has 4 nitrogen and oxygen atoms in total. The van der Waals surface area contributed by atoms with Crippen molar-refractivity contribution in [1.82, 2.24) is 5.32 Å². The van der Waals surface area contributed by atoms with Crippen LogP contribution in [-0.2, 0) is 9.59 Å². The van der Waals surface area contributed by atoms with E-state index < -0.39 is 0 Å². The topological polar surface area (TPSA) is 58.2 Å². The third-order valence-corrected chi connectivity index (χ3v) is 3.46. The van der Waals surface area contributed by atoms with Gasteiger partial charge in [0, 0.05) is 29.6 Å². The van der Waals surface area contributed by atoms with Crippen LogP contribution in [0.3, 0.4) is 0 Å². The number of hydrogen-bond donors (Lipinski definition) is 2. The van der Waals surface area contributed by atoms with Gasteiger partial charge < -0.3 is 10.6 Å². The lowest BCUT2D eigenvalue weighted by Gasteiger charge is -2.21. The van der Waals surface area contributed by atoms with Crippen LogP contribution < -0.4 is 10.6 Å². The fourth-order valence-corrected chi connectivity index (χ4v) is 2.10. The van der Waals surface area contributed by atoms with E-state index in [1.807, 2.05) is 19.1 Å². The highest BCUT2D eigenvalue weighted by Crippen LogP contribution is 2.21. The molecule has 96 valence electrons. The van der Waals surface area contributed by atoms with Gasteiger partial charge in [0.05, 0.1) is 0 Å². The van der Waals surface area contributed by atoms with Crippen molar-refractivity contribution >= 4 is 29.1 Å². The van der Waals surface area contributed by atoms with E-state index in [1.165, 1.54) is 0 Å². The molecule has 0 saturated carbocycles. The van der Waals surface area contributed by atoms with Crippen molar-refractivity contribution in [2.75, 3.05) is 11.9 Å². The molecule has 0 aromatic heterocycles. The molecule has 2 amide bonds. The van der Waals surface area contributed by atoms with Crippen LogP contribution in [0.4, 0.5) is 5.69 Å². The van der Waals surface area contributed by atoms with Crippen LogP contribution in [0.2, 0.25) is 5.02 Å². The summed E-state index contributed by atoms with van der Waals surface area (Å²) in [4.78, 5) is 23.2. The summed E-state index contributed by atoms with van der Waals surface area (Å²) in [5, 5.41) is 6.12. The summed E-state index contributed by atoms with van der Waals surface area (Å²) in [6, 6.07) is 5.38. The Morgan fingerprint density at radius 2 is 2.28 bits per heavy atom. The van der Waals surface area contributed by atoms with Crippen LogP contribution in [0, 0.1) is 12.8 Å². The number of benzene rings is 1. The first kappa shape index (κ1) is 12.9. The van der Waals surface area contributed by atoms with Gasteiger partial charge in [-0.1, -0.05) is 17.7 Å². The van der Waals surface area contributed by atoms with E-state index in [0.717, 1.165) is 5.56 Å². The highest BCUT2D eigenvalue weighted by atomic mass is 35.5. The van der Waals surface area contributed by atoms with Gasteiger partial charge in [-0.25, -0.2) is 0 Å². The van der Waals surface area contributed by atoms with E-state index in [0.29, 0.717) is 23.7 Å². The van der Waals surface area contributed by atoms with E-state index in [2.05, 4.69) is 10.6 Å². The molecule has 0 spiro atoms. The normalized spacial score (nSPS) is 19.2. The standard InChI is InChI=1S/C13H15ClN2O2/c1-8-2-3-10(7-11(8)14)16-13(18)9-4-5-15-12(17)6-9/h2-3,7,9H,4-6H2,1H3,(H,15,17)(H,16,18). The van der Waals surface area contributed by atoms with Crippen LogP contribution in [-0.4, -0.2) is 18.4 Å². The minimum atomic E-state index is -0.251. The van der Waals surface area contributed by atoms with Crippen molar-refractivity contribution in [2.24, 2.45) is 5.92 Å². The van der Waals surface area contributed by atoms with Gasteiger partial charge in [0.25, 0.3) is 0 Å². The van der Waals surface area contributed by atoms with Gasteiger partial charge >= 0.3 is 0 Å². The predicted molar refractivity (Wildman–Crippen MR) is 70.6 cm³/mol. The molecule has 0 aliphatic carbocycles. The van der Waals surface area contributed by atoms with Crippen molar-refractivity contribution in [3.8, 4) is 0 Å². The zero-order valence-electron chi connectivity index (χ0n) is 10.1. The molecule has 1 atom stereocenters. The summed E-state index contributed by atoms with van der Waals surface area (Å²) in [6.07, 6.45) is 0.933. The summed E-state index contributed by atoms with van der Waals surface area (Å²) >= 11 is 5.99. The number of nitrogens with one attached hydrogen (secondary N) is 2. The maximum absolute atomic E-state index is 12.0. The molecule has 1 heterocycles. The van der Waals surface area contributed by atoms with Crippen LogP contribution in [0.5, 0.6) is 0 Å². The maximum atomic E-state index is 12.0. The first-order valence-electron chi connectivity index (χ1n) is 5.90. The van der Waals surface area contributed by atoms with Crippen LogP contribution >= 0.6 is 11.6 Å². The molecule has 1 aromatic carbocycles. The van der Waals surface area contributed by atoms with E-state index in [4.69, 9.17) is 11.6 Å². The zero-order valence-corrected chi connectivity index (χ0v) is 10.9. The maximum Gasteiger partial charge on any atom is 0.228 e. The monoisotopic (exact) mass is 266 g/mol. The van der Waals surface area contributed by atoms with E-state index in [9.17, 15) is 9.59 Å². The molecule has 18 heavy (non-hydrogen) atoms. The minimum absolute atomic E-state index is 0.0664. The number of piperidine rings is 1. The molecule has 1 unspecified atom stereocenters. The fourth-order valence-electron chi connectivity index (χ4n) is 1.92. The van der Waals surface area contributed by atoms with Gasteiger partial charge in [-0.05, 0) is 31.0 Å². The summed E-state index contributed by atoms with van der Waals surface area (Å²) in [7, 11) is 0. The molecule has 1 aliphatic rings. The lowest BCUT2D eigenvalue weighted by molar-refractivity contribution is -0.129. The molecule has 1 aliphatic heterocycles. The van der Waals surface area contributed by atoms with Crippen molar-refractivity contribution in [3.05, 3.63) is 28.8 Å². The van der Waals surface area contributed by atoms with E-state index in [1.54, 1.807) is 6.07 Å². The predicted octanol–water partition coefficient (Wildman–Crippen LogP) is 2.11. The Hall–Kier alpha value is -1.55. The second kappa shape index (κ2) is 5.40. The smallest absolute Gasteiger partial charge is 0.228 e. The zero-order chi connectivity index (χ0) is 13.1. The van der Waals surface area contributed by atoms with Crippen molar-refractivity contribution in [1.29, 1.82) is 0 Å². The van der Waals surface area contributed by atoms with Gasteiger partial charge in [0.15, 0.2) is 0 Å². The quantitative estimate of drug-likeness (QED) is 0.861. The fraction of sp³-hybridized carbons (Fsp3) is 0.385. The largest absolute Gasteiger partial charge is 0.356 e. The van der Waals surface area contributed by atoms with Crippen molar-refractivity contribution in [2.45, 2.75) is 19.8 Å². The molecule has 0 radical (unpaired) electrons. The Morgan fingerprint density at radius 3 is 2.94 bits per heavy atom. The molecule has 2 rings (SSSR count). The highest BCUT2D eigenvalue weighted by molar-refractivity contribution is 6.31. The lowest BCUT2D eigenvalue weighted by atomic mass is 9.96. The van der Waals surface area contributed by atoms with Gasteiger partial charge in [-0.2, -0.15) is 0 Å². The number of carbonyl (C=O) groups excluding carboxylic acids is 2. The van der Waals surface area contributed by atoms with Gasteiger partial charge in [-0.15, -0.1) is 0 Å². The highest BCUT2D eigenvalue weighted by Gasteiger charge is 2.25. The molecule has 5 heteroatoms. The number of aryl methyl sites for hydroxylation is 1. The van der Waals surface area contributed by atoms with Gasteiger partial charge in [-0.3, -0.25) is 9.59 Å². The summed E-state index contributed by atoms with van der Waals surface area (Å²) in [5.74, 6) is -0.438. The average Bonchev–Trinajstić information content (AvgIpc) is 2.34. The van der Waals surface area contributed by atoms with Crippen molar-refractivity contribution in [3.63, 3.8) is 0 Å². The number of halogens is 1. The Labute approximate surface area is 111 Å². The Kier molecular flexibility index (Phi) is 3.87. The molecular weight excluding hydrogens is 252 g/mol. The lowest BCUT2D eigenvalue weighted by Crippen LogP contribution is -2.38. The molecule has 0 bridgehead atoms. The number of anilines is 1. The third-order valence-electron chi connectivity index (χ3n) is 3.06. The first-order chi connectivity index (χ1) is 8.56. The third kappa shape index (κ3) is 3.01. The number of rotatable bonds is 2. The van der Waals surface area contributed by atoms with Crippen molar-refractivity contribution < 1.29 is 9.59 Å². The first-order valence-corrected chi connectivity index (χ1v) is 6.28. The van der Waals surface area contributed by atoms with Crippen LogP contribution in [0.1, 0.15) is 18.4 Å². The second-order valence-electron chi connectivity index (χ2n) is 4.49. The number of carbonyl (C=O) groups is 2.